The molecule has 0 aromatic heterocycles. The molecular formula is C22H31NO6. The molecule has 1 N–H and O–H groups in total. The molecule has 1 aromatic carbocycles. The summed E-state index contributed by atoms with van der Waals surface area (Å²) in [7, 11) is 4.80. The lowest BCUT2D eigenvalue weighted by molar-refractivity contribution is -0.121. The Morgan fingerprint density at radius 2 is 1.90 bits per heavy atom. The normalized spacial score (nSPS) is 13.1. The van der Waals surface area contributed by atoms with E-state index < -0.39 is 0 Å². The molecule has 0 aliphatic carbocycles. The Labute approximate surface area is 172 Å². The SMILES string of the molecule is COCCCNC(=O)CC/C(C)=C/Cc1c(OC)c(C)c2c(c1OC)C(=O)OC2. The number of hydrogen-bond acceptors (Lipinski definition) is 6. The van der Waals surface area contributed by atoms with Gasteiger partial charge in [-0.3, -0.25) is 4.79 Å². The van der Waals surface area contributed by atoms with Crippen molar-refractivity contribution < 1.29 is 28.5 Å². The van der Waals surface area contributed by atoms with Gasteiger partial charge in [0.2, 0.25) is 5.91 Å². The molecule has 1 heterocycles. The van der Waals surface area contributed by atoms with Crippen LogP contribution in [-0.2, 0) is 27.3 Å². The number of nitrogens with one attached hydrogen (secondary N) is 1. The third-order valence-corrected chi connectivity index (χ3v) is 5.08. The number of amides is 1. The fourth-order valence-corrected chi connectivity index (χ4v) is 3.46. The number of fused-ring (bicyclic) bond motifs is 1. The zero-order chi connectivity index (χ0) is 21.4. The summed E-state index contributed by atoms with van der Waals surface area (Å²) in [5.41, 5.74) is 4.10. The van der Waals surface area contributed by atoms with Crippen LogP contribution in [0, 0.1) is 6.92 Å². The molecule has 7 nitrogen and oxygen atoms in total. The van der Waals surface area contributed by atoms with Crippen molar-refractivity contribution >= 4 is 11.9 Å². The van der Waals surface area contributed by atoms with E-state index in [2.05, 4.69) is 5.32 Å². The molecule has 0 unspecified atom stereocenters. The van der Waals surface area contributed by atoms with Crippen LogP contribution in [-0.4, -0.2) is 46.4 Å². The number of carbonyl (C=O) groups is 2. The van der Waals surface area contributed by atoms with Crippen molar-refractivity contribution in [2.24, 2.45) is 0 Å². The monoisotopic (exact) mass is 405 g/mol. The Hall–Kier alpha value is -2.54. The molecule has 7 heteroatoms. The van der Waals surface area contributed by atoms with Crippen molar-refractivity contribution in [2.45, 2.75) is 46.1 Å². The Morgan fingerprint density at radius 1 is 1.17 bits per heavy atom. The van der Waals surface area contributed by atoms with E-state index in [0.717, 1.165) is 28.7 Å². The Kier molecular flexibility index (Phi) is 8.51. The number of carbonyl (C=O) groups excluding carboxylic acids is 2. The van der Waals surface area contributed by atoms with Crippen molar-refractivity contribution in [3.05, 3.63) is 33.9 Å². The third-order valence-electron chi connectivity index (χ3n) is 5.08. The molecule has 0 bridgehead atoms. The van der Waals surface area contributed by atoms with Crippen molar-refractivity contribution in [2.75, 3.05) is 34.5 Å². The van der Waals surface area contributed by atoms with Gasteiger partial charge in [-0.05, 0) is 38.7 Å². The molecule has 160 valence electrons. The van der Waals surface area contributed by atoms with E-state index >= 15 is 0 Å². The quantitative estimate of drug-likeness (QED) is 0.346. The van der Waals surface area contributed by atoms with Crippen LogP contribution in [0.15, 0.2) is 11.6 Å². The number of ether oxygens (including phenoxy) is 4. The maximum absolute atomic E-state index is 12.2. The summed E-state index contributed by atoms with van der Waals surface area (Å²) in [5.74, 6) is 0.874. The summed E-state index contributed by atoms with van der Waals surface area (Å²) in [6, 6.07) is 0. The van der Waals surface area contributed by atoms with Gasteiger partial charge in [-0.1, -0.05) is 11.6 Å². The van der Waals surface area contributed by atoms with Crippen LogP contribution >= 0.6 is 0 Å². The molecule has 0 atom stereocenters. The van der Waals surface area contributed by atoms with Crippen LogP contribution in [0.3, 0.4) is 0 Å². The Bertz CT molecular complexity index is 784. The second kappa shape index (κ2) is 10.9. The molecular weight excluding hydrogens is 374 g/mol. The van der Waals surface area contributed by atoms with Gasteiger partial charge in [0.1, 0.15) is 23.7 Å². The van der Waals surface area contributed by atoms with E-state index in [9.17, 15) is 9.59 Å². The number of cyclic esters (lactones) is 1. The lowest BCUT2D eigenvalue weighted by atomic mass is 9.94. The van der Waals surface area contributed by atoms with E-state index in [1.54, 1.807) is 21.3 Å². The smallest absolute Gasteiger partial charge is 0.342 e. The van der Waals surface area contributed by atoms with E-state index in [-0.39, 0.29) is 18.5 Å². The van der Waals surface area contributed by atoms with Crippen LogP contribution in [0.2, 0.25) is 0 Å². The first-order valence-electron chi connectivity index (χ1n) is 9.79. The summed E-state index contributed by atoms with van der Waals surface area (Å²) >= 11 is 0. The fourth-order valence-electron chi connectivity index (χ4n) is 3.46. The summed E-state index contributed by atoms with van der Waals surface area (Å²) in [6.07, 6.45) is 4.47. The first-order valence-corrected chi connectivity index (χ1v) is 9.79. The average Bonchev–Trinajstić information content (AvgIpc) is 3.10. The van der Waals surface area contributed by atoms with Crippen molar-refractivity contribution in [3.63, 3.8) is 0 Å². The first kappa shape index (κ1) is 22.7. The first-order chi connectivity index (χ1) is 13.9. The number of methoxy groups -OCH3 is 3. The lowest BCUT2D eigenvalue weighted by Gasteiger charge is -2.18. The van der Waals surface area contributed by atoms with E-state index in [4.69, 9.17) is 18.9 Å². The van der Waals surface area contributed by atoms with Crippen LogP contribution < -0.4 is 14.8 Å². The number of allylic oxidation sites excluding steroid dienone is 2. The van der Waals surface area contributed by atoms with E-state index in [1.807, 2.05) is 19.9 Å². The van der Waals surface area contributed by atoms with Gasteiger partial charge in [0.25, 0.3) is 0 Å². The highest BCUT2D eigenvalue weighted by Gasteiger charge is 2.32. The molecule has 0 fully saturated rings. The maximum atomic E-state index is 12.2. The van der Waals surface area contributed by atoms with Crippen molar-refractivity contribution in [1.82, 2.24) is 5.32 Å². The summed E-state index contributed by atoms with van der Waals surface area (Å²) in [5, 5.41) is 2.89. The van der Waals surface area contributed by atoms with E-state index in [0.29, 0.717) is 49.5 Å². The number of esters is 1. The van der Waals surface area contributed by atoms with Crippen molar-refractivity contribution in [1.29, 1.82) is 0 Å². The standard InChI is InChI=1S/C22H31NO6/c1-14(8-10-18(24)23-11-6-12-26-3)7-9-16-20(27-4)15(2)17-13-29-22(25)19(17)21(16)28-5/h7H,6,8-13H2,1-5H3,(H,23,24)/b14-7+. The van der Waals surface area contributed by atoms with Gasteiger partial charge in [-0.25, -0.2) is 4.79 Å². The minimum absolute atomic E-state index is 0.0279. The van der Waals surface area contributed by atoms with Gasteiger partial charge in [-0.2, -0.15) is 0 Å². The Balaban J connectivity index is 2.09. The predicted molar refractivity (Wildman–Crippen MR) is 110 cm³/mol. The summed E-state index contributed by atoms with van der Waals surface area (Å²) < 4.78 is 21.4. The fraction of sp³-hybridized carbons (Fsp3) is 0.545. The lowest BCUT2D eigenvalue weighted by Crippen LogP contribution is -2.24. The highest BCUT2D eigenvalue weighted by atomic mass is 16.5. The van der Waals surface area contributed by atoms with Gasteiger partial charge in [0.05, 0.1) is 14.2 Å². The average molecular weight is 405 g/mol. The minimum atomic E-state index is -0.366. The Morgan fingerprint density at radius 3 is 2.55 bits per heavy atom. The summed E-state index contributed by atoms with van der Waals surface area (Å²) in [6.45, 7) is 5.41. The van der Waals surface area contributed by atoms with Gasteiger partial charge < -0.3 is 24.3 Å². The van der Waals surface area contributed by atoms with Gasteiger partial charge >= 0.3 is 5.97 Å². The molecule has 0 saturated carbocycles. The van der Waals surface area contributed by atoms with Gasteiger partial charge in [0.15, 0.2) is 0 Å². The molecule has 29 heavy (non-hydrogen) atoms. The third kappa shape index (κ3) is 5.50. The largest absolute Gasteiger partial charge is 0.496 e. The highest BCUT2D eigenvalue weighted by molar-refractivity contribution is 5.98. The van der Waals surface area contributed by atoms with Crippen molar-refractivity contribution in [3.8, 4) is 11.5 Å². The minimum Gasteiger partial charge on any atom is -0.496 e. The molecule has 2 rings (SSSR count). The number of benzene rings is 1. The topological polar surface area (TPSA) is 83.1 Å². The van der Waals surface area contributed by atoms with Crippen LogP contribution in [0.4, 0.5) is 0 Å². The molecule has 0 saturated heterocycles. The molecule has 1 aliphatic heterocycles. The van der Waals surface area contributed by atoms with Crippen LogP contribution in [0.5, 0.6) is 11.5 Å². The van der Waals surface area contributed by atoms with Gasteiger partial charge in [0, 0.05) is 37.8 Å². The zero-order valence-electron chi connectivity index (χ0n) is 18.0. The maximum Gasteiger partial charge on any atom is 0.342 e. The molecule has 0 spiro atoms. The predicted octanol–water partition coefficient (Wildman–Crippen LogP) is 3.10. The number of rotatable bonds is 11. The molecule has 1 aromatic rings. The molecule has 1 aliphatic rings. The van der Waals surface area contributed by atoms with Crippen LogP contribution in [0.1, 0.15) is 53.2 Å². The van der Waals surface area contributed by atoms with E-state index in [1.165, 1.54) is 0 Å². The van der Waals surface area contributed by atoms with Crippen LogP contribution in [0.25, 0.3) is 0 Å². The zero-order valence-corrected chi connectivity index (χ0v) is 18.0. The second-order valence-corrected chi connectivity index (χ2v) is 7.05. The second-order valence-electron chi connectivity index (χ2n) is 7.05. The number of hydrogen-bond donors (Lipinski definition) is 1. The molecule has 1 amide bonds. The van der Waals surface area contributed by atoms with Gasteiger partial charge in [-0.15, -0.1) is 0 Å². The highest BCUT2D eigenvalue weighted by Crippen LogP contribution is 2.42. The summed E-state index contributed by atoms with van der Waals surface area (Å²) in [4.78, 5) is 24.1. The molecule has 0 radical (unpaired) electrons.